The lowest BCUT2D eigenvalue weighted by molar-refractivity contribution is -0.0409. The van der Waals surface area contributed by atoms with Crippen LogP contribution in [-0.4, -0.2) is 54.5 Å². The molecule has 1 aromatic carbocycles. The first-order valence-electron chi connectivity index (χ1n) is 7.89. The lowest BCUT2D eigenvalue weighted by Crippen LogP contribution is -2.66. The van der Waals surface area contributed by atoms with Gasteiger partial charge in [-0.3, -0.25) is 9.69 Å². The zero-order chi connectivity index (χ0) is 14.9. The topological polar surface area (TPSA) is 32.8 Å². The van der Waals surface area contributed by atoms with Crippen molar-refractivity contribution in [1.82, 2.24) is 9.80 Å². The second kappa shape index (κ2) is 5.68. The van der Waals surface area contributed by atoms with E-state index in [1.165, 1.54) is 12.8 Å². The van der Waals surface area contributed by atoms with Crippen LogP contribution in [-0.2, 0) is 0 Å². The molecule has 114 valence electrons. The van der Waals surface area contributed by atoms with Gasteiger partial charge in [0.05, 0.1) is 12.2 Å². The third-order valence-corrected chi connectivity index (χ3v) is 4.98. The number of hydrogen-bond acceptors (Lipinski definition) is 3. The van der Waals surface area contributed by atoms with E-state index in [0.29, 0.717) is 17.9 Å². The summed E-state index contributed by atoms with van der Waals surface area (Å²) in [6, 6.07) is 7.58. The van der Waals surface area contributed by atoms with Gasteiger partial charge in [0.2, 0.25) is 0 Å². The third-order valence-electron chi connectivity index (χ3n) is 4.98. The molecule has 0 saturated carbocycles. The van der Waals surface area contributed by atoms with Gasteiger partial charge in [-0.15, -0.1) is 0 Å². The second-order valence-corrected chi connectivity index (χ2v) is 6.16. The number of benzene rings is 1. The minimum absolute atomic E-state index is 0.110. The molecule has 1 spiro atoms. The van der Waals surface area contributed by atoms with Crippen molar-refractivity contribution >= 4 is 5.91 Å². The fraction of sp³-hybridized carbons (Fsp3) is 0.588. The van der Waals surface area contributed by atoms with E-state index in [4.69, 9.17) is 4.74 Å². The molecule has 4 nitrogen and oxygen atoms in total. The number of amides is 1. The number of likely N-dealkylation sites (tertiary alicyclic amines) is 2. The van der Waals surface area contributed by atoms with E-state index in [9.17, 15) is 4.79 Å². The summed E-state index contributed by atoms with van der Waals surface area (Å²) in [5.41, 5.74) is 0.924. The molecule has 0 radical (unpaired) electrons. The summed E-state index contributed by atoms with van der Waals surface area (Å²) in [4.78, 5) is 17.3. The summed E-state index contributed by atoms with van der Waals surface area (Å²) in [5, 5.41) is 0. The van der Waals surface area contributed by atoms with Gasteiger partial charge in [-0.2, -0.15) is 0 Å². The number of piperidine rings is 1. The molecule has 0 unspecified atom stereocenters. The molecule has 1 amide bonds. The first-order valence-corrected chi connectivity index (χ1v) is 7.89. The number of rotatable bonds is 3. The second-order valence-electron chi connectivity index (χ2n) is 6.16. The molecule has 0 aliphatic carbocycles. The highest BCUT2D eigenvalue weighted by Crippen LogP contribution is 2.37. The Balaban J connectivity index is 1.79. The Hall–Kier alpha value is -1.55. The molecule has 1 aromatic rings. The monoisotopic (exact) mass is 288 g/mol. The maximum atomic E-state index is 12.9. The van der Waals surface area contributed by atoms with Crippen molar-refractivity contribution in [3.63, 3.8) is 0 Å². The van der Waals surface area contributed by atoms with Gasteiger partial charge in [0, 0.05) is 25.2 Å². The molecule has 4 heteroatoms. The molecular weight excluding hydrogens is 264 g/mol. The summed E-state index contributed by atoms with van der Waals surface area (Å²) in [7, 11) is 2.17. The van der Waals surface area contributed by atoms with Crippen molar-refractivity contribution in [2.24, 2.45) is 0 Å². The molecule has 21 heavy (non-hydrogen) atoms. The maximum absolute atomic E-state index is 12.9. The van der Waals surface area contributed by atoms with Gasteiger partial charge in [-0.1, -0.05) is 12.1 Å². The Kier molecular flexibility index (Phi) is 3.89. The summed E-state index contributed by atoms with van der Waals surface area (Å²) >= 11 is 0. The van der Waals surface area contributed by atoms with Crippen molar-refractivity contribution in [3.8, 4) is 5.75 Å². The lowest BCUT2D eigenvalue weighted by Gasteiger charge is -2.55. The molecule has 2 heterocycles. The number of ether oxygens (including phenoxy) is 1. The van der Waals surface area contributed by atoms with Crippen LogP contribution in [0, 0.1) is 0 Å². The predicted molar refractivity (Wildman–Crippen MR) is 82.7 cm³/mol. The van der Waals surface area contributed by atoms with Gasteiger partial charge in [-0.25, -0.2) is 0 Å². The van der Waals surface area contributed by atoms with Crippen LogP contribution in [0.5, 0.6) is 5.75 Å². The number of likely N-dealkylation sites (N-methyl/N-ethyl adjacent to an activating group) is 1. The highest BCUT2D eigenvalue weighted by Gasteiger charge is 2.46. The fourth-order valence-corrected chi connectivity index (χ4v) is 3.55. The molecular formula is C17H24N2O2. The summed E-state index contributed by atoms with van der Waals surface area (Å²) in [6.07, 6.45) is 3.51. The molecule has 3 rings (SSSR count). The average Bonchev–Trinajstić information content (AvgIpc) is 2.54. The van der Waals surface area contributed by atoms with Gasteiger partial charge in [-0.05, 0) is 45.4 Å². The van der Waals surface area contributed by atoms with E-state index in [1.807, 2.05) is 36.1 Å². The highest BCUT2D eigenvalue weighted by atomic mass is 16.5. The van der Waals surface area contributed by atoms with Crippen LogP contribution >= 0.6 is 0 Å². The van der Waals surface area contributed by atoms with Crippen LogP contribution < -0.4 is 4.74 Å². The van der Waals surface area contributed by atoms with Crippen molar-refractivity contribution < 1.29 is 9.53 Å². The molecule has 1 atom stereocenters. The van der Waals surface area contributed by atoms with Crippen LogP contribution in [0.3, 0.4) is 0 Å². The normalized spacial score (nSPS) is 25.7. The van der Waals surface area contributed by atoms with E-state index < -0.39 is 0 Å². The van der Waals surface area contributed by atoms with E-state index >= 15 is 0 Å². The van der Waals surface area contributed by atoms with Crippen LogP contribution in [0.4, 0.5) is 0 Å². The lowest BCUT2D eigenvalue weighted by atomic mass is 9.78. The van der Waals surface area contributed by atoms with Gasteiger partial charge in [0.1, 0.15) is 5.75 Å². The summed E-state index contributed by atoms with van der Waals surface area (Å²) < 4.78 is 5.60. The van der Waals surface area contributed by atoms with E-state index in [2.05, 4.69) is 11.9 Å². The molecule has 0 N–H and O–H groups in total. The van der Waals surface area contributed by atoms with Crippen LogP contribution in [0.15, 0.2) is 24.3 Å². The average molecular weight is 288 g/mol. The maximum Gasteiger partial charge on any atom is 0.257 e. The Bertz CT molecular complexity index is 531. The predicted octanol–water partition coefficient (Wildman–Crippen LogP) is 2.40. The quantitative estimate of drug-likeness (QED) is 0.856. The fourth-order valence-electron chi connectivity index (χ4n) is 3.55. The standard InChI is InChI=1S/C17H24N2O2/c1-3-21-15-8-5-4-7-14(15)16(20)19-11-6-9-17(13-19)10-12-18(17)2/h4-5,7-8H,3,6,9-13H2,1-2H3/t17-/m0/s1. The minimum Gasteiger partial charge on any atom is -0.493 e. The Morgan fingerprint density at radius 1 is 1.29 bits per heavy atom. The minimum atomic E-state index is 0.110. The van der Waals surface area contributed by atoms with Gasteiger partial charge in [0.15, 0.2) is 0 Å². The molecule has 2 saturated heterocycles. The Morgan fingerprint density at radius 2 is 2.10 bits per heavy atom. The SMILES string of the molecule is CCOc1ccccc1C(=O)N1CCC[C@]2(CCN2C)C1. The van der Waals surface area contributed by atoms with Crippen LogP contribution in [0.2, 0.25) is 0 Å². The molecule has 0 bridgehead atoms. The van der Waals surface area contributed by atoms with E-state index in [0.717, 1.165) is 26.1 Å². The van der Waals surface area contributed by atoms with E-state index in [-0.39, 0.29) is 11.4 Å². The zero-order valence-corrected chi connectivity index (χ0v) is 13.0. The number of hydrogen-bond donors (Lipinski definition) is 0. The zero-order valence-electron chi connectivity index (χ0n) is 13.0. The van der Waals surface area contributed by atoms with E-state index in [1.54, 1.807) is 0 Å². The van der Waals surface area contributed by atoms with Crippen LogP contribution in [0.1, 0.15) is 36.5 Å². The number of para-hydroxylation sites is 1. The summed E-state index contributed by atoms with van der Waals surface area (Å²) in [5.74, 6) is 0.810. The molecule has 2 fully saturated rings. The van der Waals surface area contributed by atoms with Crippen LogP contribution in [0.25, 0.3) is 0 Å². The largest absolute Gasteiger partial charge is 0.493 e. The summed E-state index contributed by atoms with van der Waals surface area (Å²) in [6.45, 7) is 5.38. The molecule has 0 aromatic heterocycles. The molecule has 2 aliphatic heterocycles. The Labute approximate surface area is 126 Å². The smallest absolute Gasteiger partial charge is 0.257 e. The van der Waals surface area contributed by atoms with Crippen molar-refractivity contribution in [3.05, 3.63) is 29.8 Å². The van der Waals surface area contributed by atoms with Gasteiger partial charge in [0.25, 0.3) is 5.91 Å². The first kappa shape index (κ1) is 14.4. The van der Waals surface area contributed by atoms with Gasteiger partial charge >= 0.3 is 0 Å². The van der Waals surface area contributed by atoms with Crippen molar-refractivity contribution in [2.75, 3.05) is 33.3 Å². The molecule has 2 aliphatic rings. The Morgan fingerprint density at radius 3 is 2.76 bits per heavy atom. The van der Waals surface area contributed by atoms with Crippen molar-refractivity contribution in [1.29, 1.82) is 0 Å². The van der Waals surface area contributed by atoms with Crippen molar-refractivity contribution in [2.45, 2.75) is 31.7 Å². The third kappa shape index (κ3) is 2.53. The number of carbonyl (C=O) groups excluding carboxylic acids is 1. The number of nitrogens with zero attached hydrogens (tertiary/aromatic N) is 2. The first-order chi connectivity index (χ1) is 10.2. The number of carbonyl (C=O) groups is 1. The van der Waals surface area contributed by atoms with Gasteiger partial charge < -0.3 is 9.64 Å². The highest BCUT2D eigenvalue weighted by molar-refractivity contribution is 5.97.